The van der Waals surface area contributed by atoms with Gasteiger partial charge in [0.25, 0.3) is 0 Å². The van der Waals surface area contributed by atoms with Crippen LogP contribution in [0.25, 0.3) is 28.4 Å². The molecule has 5 nitrogen and oxygen atoms in total. The number of fused-ring (bicyclic) bond motifs is 2. The summed E-state index contributed by atoms with van der Waals surface area (Å²) in [4.78, 5) is 4.56. The third kappa shape index (κ3) is 1.67. The summed E-state index contributed by atoms with van der Waals surface area (Å²) in [7, 11) is 0. The highest BCUT2D eigenvalue weighted by molar-refractivity contribution is 5.76. The Morgan fingerprint density at radius 2 is 2.05 bits per heavy atom. The Morgan fingerprint density at radius 3 is 2.90 bits per heavy atom. The zero-order chi connectivity index (χ0) is 14.4. The number of para-hydroxylation sites is 1. The normalized spacial score (nSPS) is 11.3. The number of hydrogen-bond donors (Lipinski definition) is 0. The number of nitrogens with zero attached hydrogens (tertiary/aromatic N) is 5. The van der Waals surface area contributed by atoms with Crippen LogP contribution in [-0.4, -0.2) is 24.4 Å². The Kier molecular flexibility index (Phi) is 2.41. The van der Waals surface area contributed by atoms with Crippen LogP contribution in [0.1, 0.15) is 11.4 Å². The van der Waals surface area contributed by atoms with Crippen LogP contribution in [0.4, 0.5) is 0 Å². The van der Waals surface area contributed by atoms with Gasteiger partial charge in [-0.25, -0.2) is 9.67 Å². The molecular formula is C16H13N5. The molecule has 0 aliphatic rings. The lowest BCUT2D eigenvalue weighted by molar-refractivity contribution is 0.822. The van der Waals surface area contributed by atoms with E-state index in [0.717, 1.165) is 33.8 Å². The molecule has 0 radical (unpaired) electrons. The summed E-state index contributed by atoms with van der Waals surface area (Å²) >= 11 is 0. The summed E-state index contributed by atoms with van der Waals surface area (Å²) in [5.74, 6) is 0. The first-order valence-corrected chi connectivity index (χ1v) is 6.70. The summed E-state index contributed by atoms with van der Waals surface area (Å²) in [6.07, 6.45) is 3.77. The molecule has 0 aliphatic carbocycles. The highest BCUT2D eigenvalue weighted by Gasteiger charge is 2.09. The summed E-state index contributed by atoms with van der Waals surface area (Å²) in [6, 6.07) is 11.9. The molecule has 4 rings (SSSR count). The van der Waals surface area contributed by atoms with E-state index in [-0.39, 0.29) is 0 Å². The molecule has 0 bridgehead atoms. The lowest BCUT2D eigenvalue weighted by Gasteiger charge is -2.03. The van der Waals surface area contributed by atoms with E-state index < -0.39 is 0 Å². The van der Waals surface area contributed by atoms with Gasteiger partial charge in [0.1, 0.15) is 11.2 Å². The number of benzene rings is 1. The molecular weight excluding hydrogens is 262 g/mol. The van der Waals surface area contributed by atoms with Gasteiger partial charge >= 0.3 is 0 Å². The zero-order valence-electron chi connectivity index (χ0n) is 11.6. The zero-order valence-corrected chi connectivity index (χ0v) is 11.6. The molecule has 0 amide bonds. The second-order valence-electron chi connectivity index (χ2n) is 4.89. The third-order valence-electron chi connectivity index (χ3n) is 3.67. The van der Waals surface area contributed by atoms with Gasteiger partial charge in [0.2, 0.25) is 0 Å². The van der Waals surface area contributed by atoms with Crippen molar-refractivity contribution in [1.29, 1.82) is 0 Å². The number of aromatic nitrogens is 5. The van der Waals surface area contributed by atoms with Crippen LogP contribution in [0.15, 0.2) is 49.2 Å². The number of imidazole rings is 1. The van der Waals surface area contributed by atoms with Crippen LogP contribution in [0.5, 0.6) is 0 Å². The molecule has 0 aliphatic heterocycles. The van der Waals surface area contributed by atoms with Crippen molar-refractivity contribution >= 4 is 22.8 Å². The fourth-order valence-corrected chi connectivity index (χ4v) is 2.56. The monoisotopic (exact) mass is 275 g/mol. The molecule has 0 unspecified atom stereocenters. The summed E-state index contributed by atoms with van der Waals surface area (Å²) < 4.78 is 3.87. The summed E-state index contributed by atoms with van der Waals surface area (Å²) in [5.41, 5.74) is 5.65. The van der Waals surface area contributed by atoms with E-state index in [1.54, 1.807) is 6.08 Å². The van der Waals surface area contributed by atoms with Crippen LogP contribution in [0.3, 0.4) is 0 Å². The fourth-order valence-electron chi connectivity index (χ4n) is 2.56. The van der Waals surface area contributed by atoms with E-state index in [4.69, 9.17) is 0 Å². The molecule has 5 heteroatoms. The molecule has 0 atom stereocenters. The lowest BCUT2D eigenvalue weighted by Crippen LogP contribution is -1.98. The van der Waals surface area contributed by atoms with Gasteiger partial charge in [-0.1, -0.05) is 23.9 Å². The first-order valence-electron chi connectivity index (χ1n) is 6.70. The molecule has 0 saturated heterocycles. The largest absolute Gasteiger partial charge is 0.304 e. The summed E-state index contributed by atoms with van der Waals surface area (Å²) in [5, 5.41) is 8.41. The highest BCUT2D eigenvalue weighted by atomic mass is 15.4. The van der Waals surface area contributed by atoms with E-state index in [1.165, 1.54) is 0 Å². The topological polar surface area (TPSA) is 48.0 Å². The van der Waals surface area contributed by atoms with Crippen LogP contribution >= 0.6 is 0 Å². The molecule has 102 valence electrons. The van der Waals surface area contributed by atoms with Gasteiger partial charge in [0.15, 0.2) is 0 Å². The minimum absolute atomic E-state index is 0.875. The molecule has 0 spiro atoms. The Hall–Kier alpha value is -2.95. The minimum atomic E-state index is 0.875. The third-order valence-corrected chi connectivity index (χ3v) is 3.67. The van der Waals surface area contributed by atoms with Gasteiger partial charge in [-0.05, 0) is 31.2 Å². The van der Waals surface area contributed by atoms with E-state index in [9.17, 15) is 0 Å². The maximum Gasteiger partial charge on any atom is 0.139 e. The predicted molar refractivity (Wildman–Crippen MR) is 82.4 cm³/mol. The van der Waals surface area contributed by atoms with Crippen molar-refractivity contribution in [2.45, 2.75) is 6.92 Å². The van der Waals surface area contributed by atoms with E-state index >= 15 is 0 Å². The molecule has 0 saturated carbocycles. The quantitative estimate of drug-likeness (QED) is 0.565. The summed E-state index contributed by atoms with van der Waals surface area (Å²) in [6.45, 7) is 5.83. The maximum atomic E-state index is 4.56. The van der Waals surface area contributed by atoms with Crippen molar-refractivity contribution in [3.05, 3.63) is 60.6 Å². The van der Waals surface area contributed by atoms with Gasteiger partial charge in [-0.2, -0.15) is 0 Å². The van der Waals surface area contributed by atoms with Crippen LogP contribution in [0.2, 0.25) is 0 Å². The van der Waals surface area contributed by atoms with Crippen molar-refractivity contribution in [2.75, 3.05) is 0 Å². The number of pyridine rings is 1. The van der Waals surface area contributed by atoms with Crippen molar-refractivity contribution in [3.63, 3.8) is 0 Å². The van der Waals surface area contributed by atoms with Gasteiger partial charge in [-0.3, -0.25) is 0 Å². The fraction of sp³-hybridized carbons (Fsp3) is 0.0625. The first kappa shape index (κ1) is 11.8. The molecule has 1 aromatic carbocycles. The van der Waals surface area contributed by atoms with Crippen molar-refractivity contribution in [2.24, 2.45) is 0 Å². The van der Waals surface area contributed by atoms with Gasteiger partial charge in [-0.15, -0.1) is 5.10 Å². The average Bonchev–Trinajstić information content (AvgIpc) is 3.08. The van der Waals surface area contributed by atoms with E-state index in [1.807, 2.05) is 58.6 Å². The Labute approximate surface area is 121 Å². The molecule has 21 heavy (non-hydrogen) atoms. The van der Waals surface area contributed by atoms with Gasteiger partial charge in [0, 0.05) is 18.0 Å². The van der Waals surface area contributed by atoms with Crippen molar-refractivity contribution in [3.8, 4) is 5.69 Å². The Morgan fingerprint density at radius 1 is 1.19 bits per heavy atom. The molecule has 4 aromatic rings. The SMILES string of the molecule is C=Cc1nc2cc(-n3nnc4ccccc43)ccn2c1C. The number of rotatable bonds is 2. The second-order valence-corrected chi connectivity index (χ2v) is 4.89. The number of aryl methyl sites for hydroxylation is 1. The highest BCUT2D eigenvalue weighted by Crippen LogP contribution is 2.19. The smallest absolute Gasteiger partial charge is 0.139 e. The van der Waals surface area contributed by atoms with Gasteiger partial charge < -0.3 is 4.40 Å². The maximum absolute atomic E-state index is 4.56. The average molecular weight is 275 g/mol. The standard InChI is InChI=1S/C16H13N5/c1-3-13-11(2)20-9-8-12(10-16(20)17-13)21-15-7-5-4-6-14(15)18-19-21/h3-10H,1H2,2H3. The van der Waals surface area contributed by atoms with Crippen LogP contribution < -0.4 is 0 Å². The van der Waals surface area contributed by atoms with Crippen LogP contribution in [0, 0.1) is 6.92 Å². The number of hydrogen-bond acceptors (Lipinski definition) is 3. The Balaban J connectivity index is 1.96. The molecule has 3 aromatic heterocycles. The van der Waals surface area contributed by atoms with Crippen LogP contribution in [-0.2, 0) is 0 Å². The predicted octanol–water partition coefficient (Wildman–Crippen LogP) is 3.02. The molecule has 3 heterocycles. The second kappa shape index (κ2) is 4.28. The minimum Gasteiger partial charge on any atom is -0.304 e. The van der Waals surface area contributed by atoms with Gasteiger partial charge in [0.05, 0.1) is 16.9 Å². The van der Waals surface area contributed by atoms with Crippen molar-refractivity contribution < 1.29 is 0 Å². The molecule has 0 fully saturated rings. The van der Waals surface area contributed by atoms with Crippen molar-refractivity contribution in [1.82, 2.24) is 24.4 Å². The Bertz CT molecular complexity index is 977. The molecule has 0 N–H and O–H groups in total. The van der Waals surface area contributed by atoms with E-state index in [2.05, 4.69) is 21.9 Å². The first-order chi connectivity index (χ1) is 10.3. The van der Waals surface area contributed by atoms with E-state index in [0.29, 0.717) is 0 Å². The lowest BCUT2D eigenvalue weighted by atomic mass is 10.3.